The molecule has 1 amide bonds. The molecule has 7 nitrogen and oxygen atoms in total. The van der Waals surface area contributed by atoms with Gasteiger partial charge < -0.3 is 15.2 Å². The molecule has 0 saturated heterocycles. The van der Waals surface area contributed by atoms with E-state index in [9.17, 15) is 31.5 Å². The van der Waals surface area contributed by atoms with Crippen LogP contribution in [0.2, 0.25) is 0 Å². The van der Waals surface area contributed by atoms with Gasteiger partial charge in [0, 0.05) is 7.05 Å². The Morgan fingerprint density at radius 1 is 1.27 bits per heavy atom. The van der Waals surface area contributed by atoms with Crippen molar-refractivity contribution >= 4 is 23.6 Å². The highest BCUT2D eigenvalue weighted by molar-refractivity contribution is 8.02. The number of aromatic carboxylic acids is 1. The highest BCUT2D eigenvalue weighted by Gasteiger charge is 2.58. The summed E-state index contributed by atoms with van der Waals surface area (Å²) in [6, 6.07) is 4.63. The largest absolute Gasteiger partial charge is 0.478 e. The molecule has 0 saturated carbocycles. The van der Waals surface area contributed by atoms with E-state index in [0.717, 1.165) is 24.9 Å². The van der Waals surface area contributed by atoms with Gasteiger partial charge in [0.25, 0.3) is 12.3 Å². The molecule has 0 aliphatic carbocycles. The quantitative estimate of drug-likeness (QED) is 0.555. The molecule has 178 valence electrons. The Labute approximate surface area is 188 Å². The molecule has 1 aliphatic rings. The minimum absolute atomic E-state index is 0.000135. The van der Waals surface area contributed by atoms with Crippen molar-refractivity contribution in [1.82, 2.24) is 15.1 Å². The van der Waals surface area contributed by atoms with Gasteiger partial charge in [0.05, 0.1) is 17.4 Å². The van der Waals surface area contributed by atoms with Gasteiger partial charge in [-0.15, -0.1) is 11.8 Å². The van der Waals surface area contributed by atoms with E-state index in [1.54, 1.807) is 0 Å². The smallest absolute Gasteiger partial charge is 0.432 e. The number of ether oxygens (including phenoxy) is 1. The third kappa shape index (κ3) is 4.82. The number of carboxylic acids is 1. The summed E-state index contributed by atoms with van der Waals surface area (Å²) in [5.74, 6) is -3.58. The first-order valence-corrected chi connectivity index (χ1v) is 10.5. The van der Waals surface area contributed by atoms with E-state index in [-0.39, 0.29) is 5.56 Å². The Hall–Kier alpha value is -3.09. The maximum Gasteiger partial charge on any atom is 0.432 e. The molecule has 2 unspecified atom stereocenters. The number of alkyl halides is 5. The lowest BCUT2D eigenvalue weighted by molar-refractivity contribution is -0.221. The first kappa shape index (κ1) is 24.6. The second-order valence-electron chi connectivity index (χ2n) is 7.22. The number of carbonyl (C=O) groups is 2. The van der Waals surface area contributed by atoms with Crippen molar-refractivity contribution in [2.75, 3.05) is 5.75 Å². The van der Waals surface area contributed by atoms with Crippen LogP contribution >= 0.6 is 11.8 Å². The van der Waals surface area contributed by atoms with Crippen molar-refractivity contribution in [2.24, 2.45) is 7.05 Å². The highest BCUT2D eigenvalue weighted by Crippen LogP contribution is 2.44. The first-order chi connectivity index (χ1) is 15.4. The van der Waals surface area contributed by atoms with E-state index in [1.807, 2.05) is 0 Å². The Bertz CT molecular complexity index is 1080. The molecule has 0 radical (unpaired) electrons. The fourth-order valence-electron chi connectivity index (χ4n) is 3.13. The van der Waals surface area contributed by atoms with E-state index in [0.29, 0.717) is 10.2 Å². The second kappa shape index (κ2) is 9.04. The monoisotopic (exact) mass is 491 g/mol. The highest BCUT2D eigenvalue weighted by atomic mass is 32.2. The fraction of sp³-hybridized carbons (Fsp3) is 0.350. The van der Waals surface area contributed by atoms with Crippen LogP contribution in [0, 0.1) is 0 Å². The topological polar surface area (TPSA) is 93.5 Å². The lowest BCUT2D eigenvalue weighted by Crippen LogP contribution is -2.50. The van der Waals surface area contributed by atoms with Crippen LogP contribution in [-0.2, 0) is 7.05 Å². The number of benzene rings is 1. The van der Waals surface area contributed by atoms with Crippen molar-refractivity contribution in [2.45, 2.75) is 31.2 Å². The Balaban J connectivity index is 1.95. The number of carbonyl (C=O) groups excluding carboxylic acids is 1. The average Bonchev–Trinajstić information content (AvgIpc) is 3.34. The predicted molar refractivity (Wildman–Crippen MR) is 108 cm³/mol. The molecule has 0 spiro atoms. The zero-order chi connectivity index (χ0) is 24.6. The number of nitrogens with one attached hydrogen (secondary N) is 1. The Morgan fingerprint density at radius 2 is 1.91 bits per heavy atom. The fourth-order valence-corrected chi connectivity index (χ4v) is 4.11. The number of hydrogen-bond acceptors (Lipinski definition) is 5. The van der Waals surface area contributed by atoms with Gasteiger partial charge in [0.1, 0.15) is 11.3 Å². The van der Waals surface area contributed by atoms with Gasteiger partial charge in [-0.25, -0.2) is 18.3 Å². The molecule has 1 aliphatic heterocycles. The third-order valence-electron chi connectivity index (χ3n) is 4.95. The molecule has 2 aromatic rings. The Morgan fingerprint density at radius 3 is 2.39 bits per heavy atom. The molecule has 0 fully saturated rings. The maximum atomic E-state index is 13.7. The van der Waals surface area contributed by atoms with Crippen LogP contribution in [0.4, 0.5) is 22.0 Å². The summed E-state index contributed by atoms with van der Waals surface area (Å²) in [5.41, 5.74) is -4.20. The number of nitrogens with zero attached hydrogens (tertiary/aromatic N) is 2. The van der Waals surface area contributed by atoms with E-state index in [1.165, 1.54) is 36.6 Å². The van der Waals surface area contributed by atoms with Crippen LogP contribution in [-0.4, -0.2) is 44.3 Å². The first-order valence-electron chi connectivity index (χ1n) is 9.40. The van der Waals surface area contributed by atoms with Gasteiger partial charge in [0.15, 0.2) is 0 Å². The van der Waals surface area contributed by atoms with Crippen LogP contribution in [0.5, 0.6) is 5.88 Å². The van der Waals surface area contributed by atoms with Gasteiger partial charge in [-0.3, -0.25) is 4.79 Å². The number of hydrogen-bond donors (Lipinski definition) is 2. The number of carboxylic acid groups (broad SMARTS) is 1. The summed E-state index contributed by atoms with van der Waals surface area (Å²) in [4.78, 5) is 23.9. The number of amides is 1. The van der Waals surface area contributed by atoms with E-state index >= 15 is 0 Å². The van der Waals surface area contributed by atoms with Crippen LogP contribution < -0.4 is 10.1 Å². The minimum Gasteiger partial charge on any atom is -0.478 e. The second-order valence-corrected chi connectivity index (χ2v) is 8.11. The van der Waals surface area contributed by atoms with Gasteiger partial charge in [-0.05, 0) is 36.1 Å². The zero-order valence-electron chi connectivity index (χ0n) is 17.2. The third-order valence-corrected chi connectivity index (χ3v) is 5.87. The molecule has 3 rings (SSSR count). The van der Waals surface area contributed by atoms with Crippen LogP contribution in [0.15, 0.2) is 35.7 Å². The molecule has 1 aromatic heterocycles. The van der Waals surface area contributed by atoms with Crippen molar-refractivity contribution in [1.29, 1.82) is 0 Å². The van der Waals surface area contributed by atoms with Gasteiger partial charge in [-0.2, -0.15) is 18.3 Å². The summed E-state index contributed by atoms with van der Waals surface area (Å²) in [6.45, 7) is 1.50. The number of aryl methyl sites for hydroxylation is 1. The standard InChI is InChI=1S/C20H18F5N3O4S/c1-10(11-3-5-12(6-4-11)18(30)31)26-16(29)13-14(15(21)22)27-28(2)17(13)32-19(20(23,24)25)7-8-33-9-19/h3-8,10,15H,9H2,1-2H3,(H,26,29)(H,30,31). The maximum absolute atomic E-state index is 13.7. The molecule has 2 heterocycles. The summed E-state index contributed by atoms with van der Waals surface area (Å²) in [5, 5.41) is 16.1. The van der Waals surface area contributed by atoms with E-state index < -0.39 is 59.0 Å². The normalized spacial score (nSPS) is 19.0. The number of rotatable bonds is 7. The summed E-state index contributed by atoms with van der Waals surface area (Å²) in [6.07, 6.45) is -7.37. The average molecular weight is 491 g/mol. The minimum atomic E-state index is -4.88. The lowest BCUT2D eigenvalue weighted by Gasteiger charge is -2.30. The van der Waals surface area contributed by atoms with Crippen molar-refractivity contribution in [3.05, 3.63) is 58.1 Å². The number of halogens is 5. The SMILES string of the molecule is CC(NC(=O)c1c(C(F)F)nn(C)c1OC1(C(F)(F)F)C=CSC1)c1ccc(C(=O)O)cc1. The van der Waals surface area contributed by atoms with Crippen molar-refractivity contribution in [3.8, 4) is 5.88 Å². The number of thioether (sulfide) groups is 1. The molecular formula is C20H18F5N3O4S. The van der Waals surface area contributed by atoms with Gasteiger partial charge >= 0.3 is 12.1 Å². The molecule has 33 heavy (non-hydrogen) atoms. The summed E-state index contributed by atoms with van der Waals surface area (Å²) < 4.78 is 74.3. The number of aromatic nitrogens is 2. The Kier molecular flexibility index (Phi) is 6.73. The van der Waals surface area contributed by atoms with E-state index in [2.05, 4.69) is 10.4 Å². The van der Waals surface area contributed by atoms with Crippen LogP contribution in [0.3, 0.4) is 0 Å². The van der Waals surface area contributed by atoms with Crippen LogP contribution in [0.1, 0.15) is 51.4 Å². The molecular weight excluding hydrogens is 473 g/mol. The zero-order valence-corrected chi connectivity index (χ0v) is 18.0. The van der Waals surface area contributed by atoms with Crippen molar-refractivity contribution in [3.63, 3.8) is 0 Å². The summed E-state index contributed by atoms with van der Waals surface area (Å²) >= 11 is 0.826. The molecule has 2 N–H and O–H groups in total. The lowest BCUT2D eigenvalue weighted by atomic mass is 10.1. The predicted octanol–water partition coefficient (Wildman–Crippen LogP) is 4.49. The molecule has 1 aromatic carbocycles. The molecule has 0 bridgehead atoms. The molecule has 13 heteroatoms. The summed E-state index contributed by atoms with van der Waals surface area (Å²) in [7, 11) is 1.10. The van der Waals surface area contributed by atoms with E-state index in [4.69, 9.17) is 9.84 Å². The van der Waals surface area contributed by atoms with Gasteiger partial charge in [0.2, 0.25) is 11.5 Å². The van der Waals surface area contributed by atoms with Gasteiger partial charge in [-0.1, -0.05) is 12.1 Å². The van der Waals surface area contributed by atoms with Crippen molar-refractivity contribution < 1.29 is 41.4 Å². The molecule has 2 atom stereocenters. The van der Waals surface area contributed by atoms with Crippen LogP contribution in [0.25, 0.3) is 0 Å².